The van der Waals surface area contributed by atoms with Crippen LogP contribution < -0.4 is 14.4 Å². The average molecular weight is 339 g/mol. The molecule has 1 heterocycles. The molecule has 2 rings (SSSR count). The second-order valence-corrected chi connectivity index (χ2v) is 5.93. The number of ether oxygens (including phenoxy) is 2. The standard InChI is InChI=1S/C17H26N2O3S/c1-3-21-15-6-5-14(13-16(15)22-4-2)17(23)19-9-7-18(8-10-19)11-12-20/h5-6,13,20H,3-4,7-12H2,1-2H3/p+1. The Balaban J connectivity index is 2.06. The van der Waals surface area contributed by atoms with Gasteiger partial charge < -0.3 is 24.4 Å². The smallest absolute Gasteiger partial charge is 0.161 e. The predicted molar refractivity (Wildman–Crippen MR) is 94.7 cm³/mol. The van der Waals surface area contributed by atoms with Crippen molar-refractivity contribution in [3.63, 3.8) is 0 Å². The number of aliphatic hydroxyl groups excluding tert-OH is 1. The molecule has 5 nitrogen and oxygen atoms in total. The van der Waals surface area contributed by atoms with E-state index in [-0.39, 0.29) is 6.61 Å². The van der Waals surface area contributed by atoms with Crippen LogP contribution in [0.3, 0.4) is 0 Å². The molecule has 0 atom stereocenters. The highest BCUT2D eigenvalue weighted by Gasteiger charge is 2.22. The molecule has 0 unspecified atom stereocenters. The fourth-order valence-corrected chi connectivity index (χ4v) is 3.11. The molecule has 1 aromatic carbocycles. The third kappa shape index (κ3) is 4.80. The molecule has 1 aliphatic heterocycles. The molecule has 0 bridgehead atoms. The maximum absolute atomic E-state index is 9.04. The van der Waals surface area contributed by atoms with Crippen LogP contribution in [0.1, 0.15) is 19.4 Å². The summed E-state index contributed by atoms with van der Waals surface area (Å²) in [5, 5.41) is 9.04. The zero-order chi connectivity index (χ0) is 16.7. The van der Waals surface area contributed by atoms with Crippen molar-refractivity contribution in [2.24, 2.45) is 0 Å². The van der Waals surface area contributed by atoms with Crippen LogP contribution in [0.4, 0.5) is 0 Å². The van der Waals surface area contributed by atoms with E-state index in [0.29, 0.717) is 13.2 Å². The van der Waals surface area contributed by atoms with Crippen LogP contribution in [-0.2, 0) is 0 Å². The number of rotatable bonds is 7. The number of piperazine rings is 1. The van der Waals surface area contributed by atoms with Gasteiger partial charge in [-0.25, -0.2) is 0 Å². The first-order valence-corrected chi connectivity index (χ1v) is 8.73. The molecule has 128 valence electrons. The van der Waals surface area contributed by atoms with E-state index in [4.69, 9.17) is 26.8 Å². The van der Waals surface area contributed by atoms with E-state index in [1.807, 2.05) is 32.0 Å². The predicted octanol–water partition coefficient (Wildman–Crippen LogP) is 0.352. The van der Waals surface area contributed by atoms with Crippen molar-refractivity contribution >= 4 is 17.2 Å². The maximum Gasteiger partial charge on any atom is 0.161 e. The van der Waals surface area contributed by atoms with E-state index in [1.165, 1.54) is 4.90 Å². The monoisotopic (exact) mass is 339 g/mol. The molecular weight excluding hydrogens is 312 g/mol. The third-order valence-electron chi connectivity index (χ3n) is 4.01. The van der Waals surface area contributed by atoms with Gasteiger partial charge in [0, 0.05) is 5.56 Å². The second-order valence-electron chi connectivity index (χ2n) is 5.54. The Labute approximate surface area is 143 Å². The van der Waals surface area contributed by atoms with Crippen LogP contribution in [-0.4, -0.2) is 67.5 Å². The summed E-state index contributed by atoms with van der Waals surface area (Å²) in [6.45, 7) is 10.1. The zero-order valence-electron chi connectivity index (χ0n) is 14.0. The first-order chi connectivity index (χ1) is 11.2. The van der Waals surface area contributed by atoms with Crippen molar-refractivity contribution in [1.82, 2.24) is 4.90 Å². The minimum absolute atomic E-state index is 0.246. The van der Waals surface area contributed by atoms with E-state index in [9.17, 15) is 0 Å². The lowest BCUT2D eigenvalue weighted by molar-refractivity contribution is -0.904. The maximum atomic E-state index is 9.04. The minimum atomic E-state index is 0.246. The Morgan fingerprint density at radius 1 is 1.17 bits per heavy atom. The van der Waals surface area contributed by atoms with Crippen molar-refractivity contribution in [2.75, 3.05) is 52.5 Å². The number of thiocarbonyl (C=S) groups is 1. The van der Waals surface area contributed by atoms with Gasteiger partial charge in [-0.1, -0.05) is 12.2 Å². The molecule has 0 aromatic heterocycles. The topological polar surface area (TPSA) is 46.4 Å². The van der Waals surface area contributed by atoms with E-state index < -0.39 is 0 Å². The number of aliphatic hydroxyl groups is 1. The average Bonchev–Trinajstić information content (AvgIpc) is 2.57. The Morgan fingerprint density at radius 2 is 1.83 bits per heavy atom. The first kappa shape index (κ1) is 18.0. The van der Waals surface area contributed by atoms with Gasteiger partial charge in [-0.15, -0.1) is 0 Å². The summed E-state index contributed by atoms with van der Waals surface area (Å²) in [5.74, 6) is 1.51. The summed E-state index contributed by atoms with van der Waals surface area (Å²) >= 11 is 5.67. The van der Waals surface area contributed by atoms with Crippen molar-refractivity contribution < 1.29 is 19.5 Å². The molecule has 0 radical (unpaired) electrons. The number of hydrogen-bond acceptors (Lipinski definition) is 4. The fourth-order valence-electron chi connectivity index (χ4n) is 2.80. The van der Waals surface area contributed by atoms with Crippen molar-refractivity contribution in [1.29, 1.82) is 0 Å². The van der Waals surface area contributed by atoms with Gasteiger partial charge in [-0.2, -0.15) is 0 Å². The highest BCUT2D eigenvalue weighted by molar-refractivity contribution is 7.80. The number of benzene rings is 1. The quantitative estimate of drug-likeness (QED) is 0.702. The third-order valence-corrected chi connectivity index (χ3v) is 4.51. The lowest BCUT2D eigenvalue weighted by atomic mass is 10.1. The van der Waals surface area contributed by atoms with Gasteiger partial charge in [0.1, 0.15) is 11.5 Å². The molecule has 0 amide bonds. The van der Waals surface area contributed by atoms with Gasteiger partial charge in [0.2, 0.25) is 0 Å². The van der Waals surface area contributed by atoms with Gasteiger partial charge in [0.25, 0.3) is 0 Å². The molecule has 1 aliphatic rings. The summed E-state index contributed by atoms with van der Waals surface area (Å²) in [7, 11) is 0. The minimum Gasteiger partial charge on any atom is -0.490 e. The molecule has 2 N–H and O–H groups in total. The lowest BCUT2D eigenvalue weighted by Gasteiger charge is -2.33. The molecule has 1 fully saturated rings. The molecule has 6 heteroatoms. The largest absolute Gasteiger partial charge is 0.490 e. The van der Waals surface area contributed by atoms with E-state index in [1.54, 1.807) is 0 Å². The molecule has 0 saturated carbocycles. The van der Waals surface area contributed by atoms with E-state index >= 15 is 0 Å². The van der Waals surface area contributed by atoms with Crippen LogP contribution in [0.5, 0.6) is 11.5 Å². The Morgan fingerprint density at radius 3 is 2.43 bits per heavy atom. The summed E-state index contributed by atoms with van der Waals surface area (Å²) in [5.41, 5.74) is 0.998. The van der Waals surface area contributed by atoms with Gasteiger partial charge >= 0.3 is 0 Å². The fraction of sp³-hybridized carbons (Fsp3) is 0.588. The summed E-state index contributed by atoms with van der Waals surface area (Å²) < 4.78 is 11.3. The summed E-state index contributed by atoms with van der Waals surface area (Å²) in [6, 6.07) is 5.91. The van der Waals surface area contributed by atoms with Gasteiger partial charge in [0.15, 0.2) is 11.5 Å². The lowest BCUT2D eigenvalue weighted by Crippen LogP contribution is -3.15. The highest BCUT2D eigenvalue weighted by Crippen LogP contribution is 2.29. The van der Waals surface area contributed by atoms with Crippen LogP contribution >= 0.6 is 12.2 Å². The molecule has 1 aromatic rings. The Hall–Kier alpha value is -1.37. The van der Waals surface area contributed by atoms with E-state index in [0.717, 1.165) is 54.8 Å². The van der Waals surface area contributed by atoms with Crippen LogP contribution in [0.25, 0.3) is 0 Å². The normalized spacial score (nSPS) is 15.5. The second kappa shape index (κ2) is 9.05. The summed E-state index contributed by atoms with van der Waals surface area (Å²) in [4.78, 5) is 4.53. The van der Waals surface area contributed by atoms with Crippen LogP contribution in [0.15, 0.2) is 18.2 Å². The number of nitrogens with one attached hydrogen (secondary N) is 1. The van der Waals surface area contributed by atoms with Crippen LogP contribution in [0.2, 0.25) is 0 Å². The Kier molecular flexibility index (Phi) is 7.08. The van der Waals surface area contributed by atoms with Crippen molar-refractivity contribution in [3.8, 4) is 11.5 Å². The van der Waals surface area contributed by atoms with Crippen molar-refractivity contribution in [2.45, 2.75) is 13.8 Å². The van der Waals surface area contributed by atoms with Crippen LogP contribution in [0, 0.1) is 0 Å². The molecule has 0 aliphatic carbocycles. The van der Waals surface area contributed by atoms with Gasteiger partial charge in [-0.3, -0.25) is 0 Å². The number of hydrogen-bond donors (Lipinski definition) is 2. The van der Waals surface area contributed by atoms with E-state index in [2.05, 4.69) is 4.90 Å². The molecule has 0 spiro atoms. The van der Waals surface area contributed by atoms with Gasteiger partial charge in [-0.05, 0) is 32.0 Å². The molecule has 23 heavy (non-hydrogen) atoms. The number of quaternary nitrogens is 1. The zero-order valence-corrected chi connectivity index (χ0v) is 14.8. The van der Waals surface area contributed by atoms with Crippen molar-refractivity contribution in [3.05, 3.63) is 23.8 Å². The van der Waals surface area contributed by atoms with Gasteiger partial charge in [0.05, 0.1) is 46.0 Å². The highest BCUT2D eigenvalue weighted by atomic mass is 32.1. The first-order valence-electron chi connectivity index (χ1n) is 8.32. The SMILES string of the molecule is CCOc1ccc(C(=S)N2CC[NH+](CCO)CC2)cc1OCC. The Bertz CT molecular complexity index is 517. The summed E-state index contributed by atoms with van der Waals surface area (Å²) in [6.07, 6.45) is 0. The molecular formula is C17H27N2O3S+. The molecule has 1 saturated heterocycles. The number of nitrogens with zero attached hydrogens (tertiary/aromatic N) is 1.